The van der Waals surface area contributed by atoms with E-state index >= 15 is 0 Å². The van der Waals surface area contributed by atoms with Crippen molar-refractivity contribution in [1.29, 1.82) is 0 Å². The first-order valence-corrected chi connectivity index (χ1v) is 12.9. The molecule has 6 heteroatoms. The van der Waals surface area contributed by atoms with Crippen LogP contribution in [-0.4, -0.2) is 27.8 Å². The SMILES string of the molecule is C=C(O[Si](C)(C)C(C)(C)C)[C@H]1CC[C@]1(C=O)S(=O)(=O)c1ccccc1. The molecule has 25 heavy (non-hydrogen) atoms. The molecular weight excluding hydrogens is 352 g/mol. The van der Waals surface area contributed by atoms with E-state index in [1.54, 1.807) is 18.2 Å². The molecule has 2 rings (SSSR count). The summed E-state index contributed by atoms with van der Waals surface area (Å²) in [4.78, 5) is 12.1. The molecule has 1 aliphatic carbocycles. The van der Waals surface area contributed by atoms with E-state index in [0.717, 1.165) is 0 Å². The molecule has 1 aromatic carbocycles. The summed E-state index contributed by atoms with van der Waals surface area (Å²) < 4.78 is 31.0. The number of carbonyl (C=O) groups is 1. The lowest BCUT2D eigenvalue weighted by molar-refractivity contribution is -0.113. The van der Waals surface area contributed by atoms with E-state index in [4.69, 9.17) is 4.43 Å². The number of allylic oxidation sites excluding steroid dienone is 1. The maximum absolute atomic E-state index is 13.1. The molecule has 0 amide bonds. The van der Waals surface area contributed by atoms with Crippen molar-refractivity contribution in [2.75, 3.05) is 0 Å². The Kier molecular flexibility index (Phi) is 5.09. The van der Waals surface area contributed by atoms with Gasteiger partial charge in [0.2, 0.25) is 8.32 Å². The van der Waals surface area contributed by atoms with Crippen LogP contribution in [0.1, 0.15) is 33.6 Å². The molecule has 2 atom stereocenters. The number of hydrogen-bond acceptors (Lipinski definition) is 4. The topological polar surface area (TPSA) is 60.4 Å². The molecule has 0 N–H and O–H groups in total. The average Bonchev–Trinajstić information content (AvgIpc) is 2.46. The van der Waals surface area contributed by atoms with Gasteiger partial charge < -0.3 is 9.22 Å². The van der Waals surface area contributed by atoms with Gasteiger partial charge in [0, 0.05) is 5.92 Å². The highest BCUT2D eigenvalue weighted by atomic mass is 32.2. The minimum atomic E-state index is -3.79. The predicted octanol–water partition coefficient (Wildman–Crippen LogP) is 4.34. The summed E-state index contributed by atoms with van der Waals surface area (Å²) in [6, 6.07) is 8.16. The Morgan fingerprint density at radius 3 is 2.24 bits per heavy atom. The minimum Gasteiger partial charge on any atom is -0.547 e. The largest absolute Gasteiger partial charge is 0.547 e. The first-order chi connectivity index (χ1) is 11.4. The van der Waals surface area contributed by atoms with Crippen LogP contribution in [0.4, 0.5) is 0 Å². The average molecular weight is 381 g/mol. The van der Waals surface area contributed by atoms with Gasteiger partial charge in [-0.15, -0.1) is 0 Å². The van der Waals surface area contributed by atoms with Crippen molar-refractivity contribution in [2.45, 2.75) is 61.4 Å². The van der Waals surface area contributed by atoms with Crippen LogP contribution in [0.2, 0.25) is 18.1 Å². The lowest BCUT2D eigenvalue weighted by Gasteiger charge is -2.47. The molecule has 0 aromatic heterocycles. The van der Waals surface area contributed by atoms with Crippen molar-refractivity contribution < 1.29 is 17.6 Å². The molecule has 0 saturated heterocycles. The van der Waals surface area contributed by atoms with Crippen molar-refractivity contribution in [3.63, 3.8) is 0 Å². The molecule has 0 aliphatic heterocycles. The maximum Gasteiger partial charge on any atom is 0.250 e. The first-order valence-electron chi connectivity index (χ1n) is 8.53. The van der Waals surface area contributed by atoms with Crippen LogP contribution in [0.25, 0.3) is 0 Å². The van der Waals surface area contributed by atoms with Crippen molar-refractivity contribution in [3.8, 4) is 0 Å². The van der Waals surface area contributed by atoms with Gasteiger partial charge in [-0.1, -0.05) is 45.5 Å². The highest BCUT2D eigenvalue weighted by Crippen LogP contribution is 2.51. The van der Waals surface area contributed by atoms with Crippen LogP contribution in [0.5, 0.6) is 0 Å². The molecule has 0 bridgehead atoms. The van der Waals surface area contributed by atoms with Gasteiger partial charge in [0.15, 0.2) is 9.84 Å². The number of hydrogen-bond donors (Lipinski definition) is 0. The summed E-state index contributed by atoms with van der Waals surface area (Å²) in [5.41, 5.74) is 0. The fourth-order valence-electron chi connectivity index (χ4n) is 2.90. The van der Waals surface area contributed by atoms with Gasteiger partial charge in [-0.05, 0) is 43.1 Å². The van der Waals surface area contributed by atoms with Crippen molar-refractivity contribution in [3.05, 3.63) is 42.7 Å². The summed E-state index contributed by atoms with van der Waals surface area (Å²) in [6.45, 7) is 14.5. The molecule has 0 heterocycles. The van der Waals surface area contributed by atoms with Crippen LogP contribution in [0.3, 0.4) is 0 Å². The van der Waals surface area contributed by atoms with Gasteiger partial charge in [0.1, 0.15) is 11.0 Å². The molecule has 1 aromatic rings. The zero-order valence-corrected chi connectivity index (χ0v) is 17.5. The van der Waals surface area contributed by atoms with E-state index in [1.807, 2.05) is 0 Å². The Labute approximate surface area is 152 Å². The van der Waals surface area contributed by atoms with Gasteiger partial charge in [-0.3, -0.25) is 0 Å². The normalized spacial score (nSPS) is 24.3. The van der Waals surface area contributed by atoms with Gasteiger partial charge in [-0.2, -0.15) is 0 Å². The van der Waals surface area contributed by atoms with Crippen LogP contribution in [0.15, 0.2) is 47.6 Å². The van der Waals surface area contributed by atoms with Gasteiger partial charge in [0.05, 0.1) is 10.7 Å². The molecule has 1 aliphatic rings. The van der Waals surface area contributed by atoms with E-state index in [9.17, 15) is 13.2 Å². The molecule has 0 spiro atoms. The molecule has 0 unspecified atom stereocenters. The van der Waals surface area contributed by atoms with Crippen LogP contribution in [0, 0.1) is 5.92 Å². The maximum atomic E-state index is 13.1. The second-order valence-electron chi connectivity index (χ2n) is 8.31. The van der Waals surface area contributed by atoms with Crippen LogP contribution >= 0.6 is 0 Å². The van der Waals surface area contributed by atoms with E-state index in [-0.39, 0.29) is 9.93 Å². The Hall–Kier alpha value is -1.40. The number of sulfone groups is 1. The van der Waals surface area contributed by atoms with Crippen molar-refractivity contribution in [2.24, 2.45) is 5.92 Å². The standard InChI is InChI=1S/C19H28O4SSi/c1-15(23-25(5,6)18(2,3)4)17-12-13-19(17,14-20)24(21,22)16-10-8-7-9-11-16/h7-11,14,17H,1,12-13H2,2-6H3/t17-,19-/m1/s1. The smallest absolute Gasteiger partial charge is 0.250 e. The second-order valence-corrected chi connectivity index (χ2v) is 15.3. The Balaban J connectivity index is 2.35. The number of rotatable bonds is 6. The third-order valence-electron chi connectivity index (χ3n) is 5.75. The minimum absolute atomic E-state index is 0.0260. The van der Waals surface area contributed by atoms with Crippen molar-refractivity contribution in [1.82, 2.24) is 0 Å². The summed E-state index contributed by atoms with van der Waals surface area (Å²) in [7, 11) is -5.93. The number of aldehydes is 1. The zero-order chi connectivity index (χ0) is 19.1. The lowest BCUT2D eigenvalue weighted by atomic mass is 9.72. The van der Waals surface area contributed by atoms with Gasteiger partial charge in [0.25, 0.3) is 0 Å². The van der Waals surface area contributed by atoms with E-state index < -0.39 is 28.8 Å². The van der Waals surface area contributed by atoms with E-state index in [1.165, 1.54) is 12.1 Å². The third kappa shape index (κ3) is 3.22. The number of benzene rings is 1. The van der Waals surface area contributed by atoms with Crippen LogP contribution < -0.4 is 0 Å². The van der Waals surface area contributed by atoms with Gasteiger partial charge in [-0.25, -0.2) is 8.42 Å². The molecule has 1 saturated carbocycles. The molecule has 1 fully saturated rings. The Morgan fingerprint density at radius 1 is 1.28 bits per heavy atom. The highest BCUT2D eigenvalue weighted by Gasteiger charge is 2.59. The van der Waals surface area contributed by atoms with E-state index in [2.05, 4.69) is 40.4 Å². The molecular formula is C19H28O4SSi. The molecule has 0 radical (unpaired) electrons. The fourth-order valence-corrected chi connectivity index (χ4v) is 6.10. The van der Waals surface area contributed by atoms with Crippen molar-refractivity contribution >= 4 is 24.4 Å². The summed E-state index contributed by atoms with van der Waals surface area (Å²) >= 11 is 0. The van der Waals surface area contributed by atoms with E-state index in [0.29, 0.717) is 24.9 Å². The Bertz CT molecular complexity index is 762. The summed E-state index contributed by atoms with van der Waals surface area (Å²) in [5, 5.41) is -0.0260. The monoisotopic (exact) mass is 380 g/mol. The number of carbonyl (C=O) groups excluding carboxylic acids is 1. The summed E-state index contributed by atoms with van der Waals surface area (Å²) in [5.74, 6) is -0.0613. The highest BCUT2D eigenvalue weighted by molar-refractivity contribution is 7.93. The predicted molar refractivity (Wildman–Crippen MR) is 103 cm³/mol. The Morgan fingerprint density at radius 2 is 1.84 bits per heavy atom. The lowest BCUT2D eigenvalue weighted by Crippen LogP contribution is -2.56. The quantitative estimate of drug-likeness (QED) is 0.418. The van der Waals surface area contributed by atoms with Crippen LogP contribution in [-0.2, 0) is 19.1 Å². The molecule has 138 valence electrons. The third-order valence-corrected chi connectivity index (χ3v) is 12.6. The first kappa shape index (κ1) is 19.9. The van der Waals surface area contributed by atoms with Gasteiger partial charge >= 0.3 is 0 Å². The summed E-state index contributed by atoms with van der Waals surface area (Å²) in [6.07, 6.45) is 1.49. The molecule has 4 nitrogen and oxygen atoms in total. The zero-order valence-electron chi connectivity index (χ0n) is 15.7. The fraction of sp³-hybridized carbons (Fsp3) is 0.526. The second kappa shape index (κ2) is 6.40.